The smallest absolute Gasteiger partial charge is 0.244 e. The van der Waals surface area contributed by atoms with Gasteiger partial charge >= 0.3 is 0 Å². The molecule has 0 aliphatic heterocycles. The molecule has 0 radical (unpaired) electrons. The molecule has 5 nitrogen and oxygen atoms in total. The molecule has 102 valence electrons. The number of carbonyl (C=O) groups excluding carboxylic acids is 1. The summed E-state index contributed by atoms with van der Waals surface area (Å²) >= 11 is 0. The van der Waals surface area contributed by atoms with E-state index in [1.165, 1.54) is 36.6 Å². The normalized spacial score (nSPS) is 10.8. The monoisotopic (exact) mass is 271 g/mol. The van der Waals surface area contributed by atoms with Crippen molar-refractivity contribution >= 4 is 23.0 Å². The fourth-order valence-corrected chi connectivity index (χ4v) is 1.64. The Morgan fingerprint density at radius 1 is 1.45 bits per heavy atom. The average Bonchev–Trinajstić information content (AvgIpc) is 2.44. The maximum absolute atomic E-state index is 12.1. The Morgan fingerprint density at radius 2 is 2.25 bits per heavy atom. The lowest BCUT2D eigenvalue weighted by Crippen LogP contribution is -2.20. The number of amides is 1. The molecule has 1 aromatic carbocycles. The number of phenols is 1. The molecule has 0 bridgehead atoms. The second-order valence-corrected chi connectivity index (χ2v) is 4.07. The van der Waals surface area contributed by atoms with E-state index < -0.39 is 0 Å². The summed E-state index contributed by atoms with van der Waals surface area (Å²) in [6.07, 6.45) is 5.45. The van der Waals surface area contributed by atoms with Crippen LogP contribution in [0.3, 0.4) is 0 Å². The largest absolute Gasteiger partial charge is 0.508 e. The molecule has 0 spiro atoms. The van der Waals surface area contributed by atoms with Gasteiger partial charge in [0.15, 0.2) is 5.43 Å². The van der Waals surface area contributed by atoms with Gasteiger partial charge in [-0.15, -0.1) is 6.58 Å². The van der Waals surface area contributed by atoms with E-state index >= 15 is 0 Å². The highest BCUT2D eigenvalue weighted by atomic mass is 16.3. The third-order valence-electron chi connectivity index (χ3n) is 2.62. The summed E-state index contributed by atoms with van der Waals surface area (Å²) in [6, 6.07) is 4.25. The van der Waals surface area contributed by atoms with Crippen molar-refractivity contribution in [1.82, 2.24) is 5.32 Å². The number of nitrogens with one attached hydrogen (secondary N) is 1. The average molecular weight is 271 g/mol. The van der Waals surface area contributed by atoms with Crippen molar-refractivity contribution in [3.63, 3.8) is 0 Å². The zero-order valence-corrected chi connectivity index (χ0v) is 10.6. The minimum atomic E-state index is -0.324. The van der Waals surface area contributed by atoms with Gasteiger partial charge in [0.2, 0.25) is 5.91 Å². The molecule has 1 aromatic heterocycles. The number of carbonyl (C=O) groups is 1. The molecule has 1 amide bonds. The zero-order chi connectivity index (χ0) is 14.5. The topological polar surface area (TPSA) is 79.5 Å². The van der Waals surface area contributed by atoms with Crippen molar-refractivity contribution < 1.29 is 14.3 Å². The van der Waals surface area contributed by atoms with Crippen molar-refractivity contribution in [1.29, 1.82) is 0 Å². The Labute approximate surface area is 114 Å². The van der Waals surface area contributed by atoms with Crippen molar-refractivity contribution in [2.45, 2.75) is 0 Å². The molecular weight excluding hydrogens is 258 g/mol. The molecular formula is C15H13NO4. The van der Waals surface area contributed by atoms with Crippen LogP contribution in [0, 0.1) is 0 Å². The van der Waals surface area contributed by atoms with E-state index in [2.05, 4.69) is 11.9 Å². The van der Waals surface area contributed by atoms with Gasteiger partial charge in [0, 0.05) is 18.7 Å². The third kappa shape index (κ3) is 2.95. The molecule has 0 atom stereocenters. The highest BCUT2D eigenvalue weighted by Gasteiger charge is 2.05. The van der Waals surface area contributed by atoms with Crippen LogP contribution in [0.4, 0.5) is 0 Å². The Hall–Kier alpha value is -2.82. The maximum atomic E-state index is 12.1. The van der Waals surface area contributed by atoms with Gasteiger partial charge in [-0.2, -0.15) is 0 Å². The molecule has 0 saturated heterocycles. The van der Waals surface area contributed by atoms with Crippen LogP contribution in [-0.4, -0.2) is 17.6 Å². The predicted octanol–water partition coefficient (Wildman–Crippen LogP) is 1.81. The zero-order valence-electron chi connectivity index (χ0n) is 10.6. The predicted molar refractivity (Wildman–Crippen MR) is 76.4 cm³/mol. The number of rotatable bonds is 4. The van der Waals surface area contributed by atoms with E-state index in [9.17, 15) is 14.7 Å². The highest BCUT2D eigenvalue weighted by molar-refractivity contribution is 5.92. The van der Waals surface area contributed by atoms with Gasteiger partial charge in [-0.25, -0.2) is 0 Å². The van der Waals surface area contributed by atoms with Gasteiger partial charge < -0.3 is 14.8 Å². The molecule has 0 fully saturated rings. The standard InChI is InChI=1S/C15H13NO4/c1-2-7-16-14(18)6-3-10-9-20-13-8-11(17)4-5-12(13)15(10)19/h2-6,8-9,17H,1,7H2,(H,16,18)/b6-3+. The number of benzene rings is 1. The number of hydrogen-bond acceptors (Lipinski definition) is 4. The summed E-state index contributed by atoms with van der Waals surface area (Å²) in [5.41, 5.74) is 0.291. The van der Waals surface area contributed by atoms with E-state index in [0.29, 0.717) is 17.5 Å². The number of fused-ring (bicyclic) bond motifs is 1. The first-order valence-corrected chi connectivity index (χ1v) is 5.93. The number of aromatic hydroxyl groups is 1. The molecule has 2 aromatic rings. The van der Waals surface area contributed by atoms with Crippen molar-refractivity contribution in [2.24, 2.45) is 0 Å². The first kappa shape index (κ1) is 13.6. The van der Waals surface area contributed by atoms with E-state index in [-0.39, 0.29) is 22.6 Å². The van der Waals surface area contributed by atoms with Gasteiger partial charge in [-0.3, -0.25) is 9.59 Å². The van der Waals surface area contributed by atoms with Crippen LogP contribution in [0.25, 0.3) is 17.0 Å². The van der Waals surface area contributed by atoms with Crippen LogP contribution in [0.2, 0.25) is 0 Å². The first-order valence-electron chi connectivity index (χ1n) is 5.93. The van der Waals surface area contributed by atoms with E-state index in [1.54, 1.807) is 6.08 Å². The fourth-order valence-electron chi connectivity index (χ4n) is 1.64. The maximum Gasteiger partial charge on any atom is 0.244 e. The highest BCUT2D eigenvalue weighted by Crippen LogP contribution is 2.17. The summed E-state index contributed by atoms with van der Waals surface area (Å²) in [5, 5.41) is 12.2. The van der Waals surface area contributed by atoms with Crippen LogP contribution >= 0.6 is 0 Å². The summed E-state index contributed by atoms with van der Waals surface area (Å²) in [4.78, 5) is 23.5. The second kappa shape index (κ2) is 5.88. The lowest BCUT2D eigenvalue weighted by Gasteiger charge is -1.99. The van der Waals surface area contributed by atoms with Crippen LogP contribution in [0.5, 0.6) is 5.75 Å². The van der Waals surface area contributed by atoms with Crippen molar-refractivity contribution in [3.05, 3.63) is 59.0 Å². The van der Waals surface area contributed by atoms with Crippen molar-refractivity contribution in [3.8, 4) is 5.75 Å². The fraction of sp³-hybridized carbons (Fsp3) is 0.0667. The second-order valence-electron chi connectivity index (χ2n) is 4.07. The summed E-state index contributed by atoms with van der Waals surface area (Å²) in [5.74, 6) is -0.303. The SMILES string of the molecule is C=CCNC(=O)/C=C/c1coc2cc(O)ccc2c1=O. The lowest BCUT2D eigenvalue weighted by atomic mass is 10.1. The van der Waals surface area contributed by atoms with Crippen molar-refractivity contribution in [2.75, 3.05) is 6.54 Å². The van der Waals surface area contributed by atoms with Gasteiger partial charge in [0.1, 0.15) is 17.6 Å². The van der Waals surface area contributed by atoms with Crippen LogP contribution in [-0.2, 0) is 4.79 Å². The Bertz CT molecular complexity index is 743. The minimum Gasteiger partial charge on any atom is -0.508 e. The third-order valence-corrected chi connectivity index (χ3v) is 2.62. The van der Waals surface area contributed by atoms with Crippen LogP contribution in [0.15, 0.2) is 52.4 Å². The summed E-state index contributed by atoms with van der Waals surface area (Å²) < 4.78 is 5.26. The molecule has 2 N–H and O–H groups in total. The molecule has 20 heavy (non-hydrogen) atoms. The quantitative estimate of drug-likeness (QED) is 0.656. The van der Waals surface area contributed by atoms with E-state index in [0.717, 1.165) is 0 Å². The van der Waals surface area contributed by atoms with Crippen LogP contribution < -0.4 is 10.7 Å². The molecule has 1 heterocycles. The molecule has 0 saturated carbocycles. The van der Waals surface area contributed by atoms with E-state index in [4.69, 9.17) is 4.42 Å². The lowest BCUT2D eigenvalue weighted by molar-refractivity contribution is -0.116. The van der Waals surface area contributed by atoms with Crippen LogP contribution in [0.1, 0.15) is 5.56 Å². The molecule has 2 rings (SSSR count). The van der Waals surface area contributed by atoms with Gasteiger partial charge in [0.05, 0.1) is 10.9 Å². The van der Waals surface area contributed by atoms with Gasteiger partial charge in [0.25, 0.3) is 0 Å². The number of phenolic OH excluding ortho intramolecular Hbond substituents is 1. The molecule has 5 heteroatoms. The Balaban J connectivity index is 2.32. The Kier molecular flexibility index (Phi) is 4.00. The summed E-state index contributed by atoms with van der Waals surface area (Å²) in [7, 11) is 0. The molecule has 0 unspecified atom stereocenters. The van der Waals surface area contributed by atoms with E-state index in [1.807, 2.05) is 0 Å². The summed E-state index contributed by atoms with van der Waals surface area (Å²) in [6.45, 7) is 3.84. The first-order chi connectivity index (χ1) is 9.61. The molecule has 0 aliphatic rings. The number of hydrogen-bond donors (Lipinski definition) is 2. The Morgan fingerprint density at radius 3 is 3.00 bits per heavy atom. The van der Waals surface area contributed by atoms with Gasteiger partial charge in [-0.1, -0.05) is 6.08 Å². The minimum absolute atomic E-state index is 0.0211. The molecule has 0 aliphatic carbocycles. The van der Waals surface area contributed by atoms with Gasteiger partial charge in [-0.05, 0) is 18.2 Å².